The monoisotopic (exact) mass is 1240 g/mol. The van der Waals surface area contributed by atoms with Gasteiger partial charge in [0.05, 0.1) is 39.1 Å². The van der Waals surface area contributed by atoms with Crippen LogP contribution in [-0.2, 0) is 59.8 Å². The molecular weight excluding hydrogens is 1190 g/mol. The van der Waals surface area contributed by atoms with Crippen molar-refractivity contribution in [3.05, 3.63) is 78.9 Å². The predicted molar refractivity (Wildman–Crippen MR) is 266 cm³/mol. The molecule has 0 aromatic carbocycles. The van der Waals surface area contributed by atoms with Crippen LogP contribution in [0.15, 0.2) is 56.4 Å². The Morgan fingerprint density at radius 3 is 1.25 bits per heavy atom. The van der Waals surface area contributed by atoms with Crippen LogP contribution in [0.25, 0.3) is 22.3 Å². The number of nitrogens with zero attached hydrogens (tertiary/aromatic N) is 10. The highest BCUT2D eigenvalue weighted by molar-refractivity contribution is 7.48. The first-order valence-electron chi connectivity index (χ1n) is 23.9. The fourth-order valence-corrected chi connectivity index (χ4v) is 12.3. The number of H-pyrrole nitrogens is 2. The standard InChI is InChI=1S/C38H49N16O26P3/c39-27-17-29(49-37(63)47-27)53(9-43-17)33-21(60)24(11(5-55)74-33)78-82(67,68)72-7-13-25(22(61)32(76-13)52-4-2-16(57)46-36(52)42)79-83(69,70)73-8-14-26(23(62)34(77-14)54-10-44-18-28(40)48-38(64)50-30(18)54)80-81(65,66)71-6-12-19(58)20(59)31(75-12)51-3-1-15(56)45-35(51)41/h1-4,9-14,19-26,31-34,55,58-62H,5-8H2,(H,65,66)(H,67,68)(H,69,70)(H2,41,45,56)(H2,42,46,57)(H3,39,47,49,63)(H3,40,48,50,64)/t11-,12-,13-,14-,19-,20-,21-,22-,23-,24-,25-,26-,31-,32-,33-,34-/m1/s1. The van der Waals surface area contributed by atoms with Crippen molar-refractivity contribution in [1.82, 2.24) is 58.1 Å². The Morgan fingerprint density at radius 2 is 0.855 bits per heavy atom. The fraction of sp³-hybridized carbons (Fsp3) is 0.526. The summed E-state index contributed by atoms with van der Waals surface area (Å²) >= 11 is 0. The molecule has 10 heterocycles. The van der Waals surface area contributed by atoms with Crippen LogP contribution in [0.3, 0.4) is 0 Å². The SMILES string of the molecule is Nc1[nH]c(=O)nc2c1ncn2[C@@H]1O[C@H](CO)[C@@H](OP(=O)(O)OC[C@H]2O[C@@H](n3ccc(=O)nc3N)[C@H](O)[C@@H]2OP(=O)(O)OC[C@H]2O[C@@H](n3cnc4c(N)[nH]c(=O)nc43)[C@H](O)[C@@H]2OP(=O)(O)OC[C@H]2O[C@@H](n3ccc(=O)nc3N)[C@H](O)[C@@H]2O)[C@H]1O. The van der Waals surface area contributed by atoms with Gasteiger partial charge >= 0.3 is 34.8 Å². The number of aliphatic hydroxyl groups excluding tert-OH is 6. The fourth-order valence-electron chi connectivity index (χ4n) is 9.37. The number of hydrogen-bond donors (Lipinski definition) is 15. The summed E-state index contributed by atoms with van der Waals surface area (Å²) in [5, 5.41) is 66.2. The van der Waals surface area contributed by atoms with Crippen LogP contribution in [0.2, 0.25) is 0 Å². The number of nitrogens with two attached hydrogens (primary N) is 4. The van der Waals surface area contributed by atoms with E-state index in [1.807, 2.05) is 0 Å². The Labute approximate surface area is 458 Å². The summed E-state index contributed by atoms with van der Waals surface area (Å²) in [6, 6.07) is 1.84. The number of nitrogens with one attached hydrogen (secondary N) is 2. The number of rotatable bonds is 20. The zero-order valence-electron chi connectivity index (χ0n) is 41.6. The normalized spacial score (nSPS) is 32.3. The molecule has 6 aromatic rings. The first-order valence-corrected chi connectivity index (χ1v) is 28.4. The molecule has 4 aliphatic heterocycles. The topological polar surface area (TPSA) is 627 Å². The second kappa shape index (κ2) is 22.9. The van der Waals surface area contributed by atoms with Gasteiger partial charge in [-0.1, -0.05) is 0 Å². The van der Waals surface area contributed by atoms with Crippen molar-refractivity contribution in [2.45, 2.75) is 98.2 Å². The van der Waals surface area contributed by atoms with Gasteiger partial charge in [0.15, 0.2) is 36.2 Å². The average Bonchev–Trinajstić information content (AvgIpc) is 3.00. The van der Waals surface area contributed by atoms with Crippen molar-refractivity contribution in [2.75, 3.05) is 49.4 Å². The van der Waals surface area contributed by atoms with E-state index in [9.17, 15) is 78.2 Å². The number of hydrogen-bond acceptors (Lipinski definition) is 33. The second-order valence-electron chi connectivity index (χ2n) is 18.5. The van der Waals surface area contributed by atoms with Gasteiger partial charge in [0, 0.05) is 24.5 Å². The minimum atomic E-state index is -5.74. The summed E-state index contributed by atoms with van der Waals surface area (Å²) < 4.78 is 99.5. The smallest absolute Gasteiger partial charge is 0.394 e. The molecule has 19 atom stereocenters. The summed E-state index contributed by atoms with van der Waals surface area (Å²) in [6.07, 6.45) is -25.8. The van der Waals surface area contributed by atoms with Gasteiger partial charge in [-0.15, -0.1) is 0 Å². The van der Waals surface area contributed by atoms with E-state index in [1.54, 1.807) is 0 Å². The molecule has 0 aliphatic carbocycles. The molecule has 0 radical (unpaired) electrons. The zero-order chi connectivity index (χ0) is 59.8. The van der Waals surface area contributed by atoms with Gasteiger partial charge in [-0.05, 0) is 0 Å². The second-order valence-corrected chi connectivity index (χ2v) is 22.7. The van der Waals surface area contributed by atoms with E-state index in [1.165, 1.54) is 0 Å². The summed E-state index contributed by atoms with van der Waals surface area (Å²) in [6.45, 7) is -4.45. The molecule has 6 aromatic heterocycles. The lowest BCUT2D eigenvalue weighted by molar-refractivity contribution is -0.0638. The molecule has 19 N–H and O–H groups in total. The molecule has 4 saturated heterocycles. The van der Waals surface area contributed by atoms with E-state index in [0.717, 1.165) is 55.4 Å². The number of imidazole rings is 2. The Bertz CT molecular complexity index is 3810. The highest BCUT2D eigenvalue weighted by Crippen LogP contribution is 2.54. The Kier molecular flexibility index (Phi) is 16.5. The van der Waals surface area contributed by atoms with Crippen LogP contribution in [0, 0.1) is 0 Å². The number of nitrogen functional groups attached to an aromatic ring is 4. The summed E-state index contributed by atoms with van der Waals surface area (Å²) in [4.78, 5) is 108. The molecular formula is C38H49N16O26P3. The van der Waals surface area contributed by atoms with E-state index in [4.69, 9.17) is 69.0 Å². The van der Waals surface area contributed by atoms with Crippen molar-refractivity contribution < 1.29 is 105 Å². The molecule has 4 aliphatic rings. The number of ether oxygens (including phenoxy) is 4. The van der Waals surface area contributed by atoms with Crippen LogP contribution in [-0.4, -0.2) is 203 Å². The van der Waals surface area contributed by atoms with Crippen molar-refractivity contribution >= 4 is 69.3 Å². The van der Waals surface area contributed by atoms with Crippen LogP contribution in [0.1, 0.15) is 24.9 Å². The van der Waals surface area contributed by atoms with E-state index in [2.05, 4.69) is 39.9 Å². The minimum absolute atomic E-state index is 0.0309. The maximum absolute atomic E-state index is 14.0. The first-order chi connectivity index (χ1) is 39.1. The lowest BCUT2D eigenvalue weighted by Crippen LogP contribution is -2.38. The van der Waals surface area contributed by atoms with Gasteiger partial charge in [0.25, 0.3) is 11.1 Å². The Morgan fingerprint density at radius 1 is 0.506 bits per heavy atom. The van der Waals surface area contributed by atoms with Crippen LogP contribution >= 0.6 is 23.5 Å². The maximum Gasteiger partial charge on any atom is 0.472 e. The largest absolute Gasteiger partial charge is 0.472 e. The summed E-state index contributed by atoms with van der Waals surface area (Å²) in [7, 11) is -16.8. The summed E-state index contributed by atoms with van der Waals surface area (Å²) in [5.41, 5.74) is 19.2. The molecule has 42 nitrogen and oxygen atoms in total. The lowest BCUT2D eigenvalue weighted by atomic mass is 10.1. The highest BCUT2D eigenvalue weighted by atomic mass is 31.2. The van der Waals surface area contributed by atoms with Crippen molar-refractivity contribution in [2.24, 2.45) is 0 Å². The van der Waals surface area contributed by atoms with Gasteiger partial charge in [0.1, 0.15) is 95.9 Å². The number of phosphoric acid groups is 3. The first kappa shape index (κ1) is 59.7. The maximum atomic E-state index is 14.0. The highest BCUT2D eigenvalue weighted by Gasteiger charge is 2.55. The third kappa shape index (κ3) is 12.0. The van der Waals surface area contributed by atoms with Gasteiger partial charge < -0.3 is 87.2 Å². The van der Waals surface area contributed by atoms with Crippen LogP contribution in [0.5, 0.6) is 0 Å². The van der Waals surface area contributed by atoms with Gasteiger partial charge in [-0.25, -0.2) is 33.3 Å². The molecule has 3 unspecified atom stereocenters. The number of fused-ring (bicyclic) bond motifs is 2. The molecule has 452 valence electrons. The number of anilines is 4. The minimum Gasteiger partial charge on any atom is -0.394 e. The van der Waals surface area contributed by atoms with E-state index in [-0.39, 0.29) is 34.0 Å². The summed E-state index contributed by atoms with van der Waals surface area (Å²) in [5.74, 6) is -1.52. The van der Waals surface area contributed by atoms with Crippen molar-refractivity contribution in [1.29, 1.82) is 0 Å². The molecule has 45 heteroatoms. The van der Waals surface area contributed by atoms with E-state index < -0.39 is 182 Å². The number of phosphoric ester groups is 3. The molecule has 0 amide bonds. The van der Waals surface area contributed by atoms with Crippen LogP contribution in [0.4, 0.5) is 23.5 Å². The predicted octanol–water partition coefficient (Wildman–Crippen LogP) is -7.01. The third-order valence-electron chi connectivity index (χ3n) is 13.2. The number of aromatic nitrogens is 12. The Balaban J connectivity index is 0.862. The quantitative estimate of drug-likeness (QED) is 0.0316. The lowest BCUT2D eigenvalue weighted by Gasteiger charge is -2.26. The van der Waals surface area contributed by atoms with E-state index >= 15 is 0 Å². The van der Waals surface area contributed by atoms with Crippen LogP contribution < -0.4 is 45.4 Å². The molecule has 0 bridgehead atoms. The third-order valence-corrected chi connectivity index (χ3v) is 16.1. The van der Waals surface area contributed by atoms with Crippen molar-refractivity contribution in [3.63, 3.8) is 0 Å². The van der Waals surface area contributed by atoms with E-state index in [0.29, 0.717) is 0 Å². The molecule has 10 rings (SSSR count). The zero-order valence-corrected chi connectivity index (χ0v) is 44.3. The van der Waals surface area contributed by atoms with Gasteiger partial charge in [0.2, 0.25) is 11.9 Å². The average molecular weight is 1240 g/mol. The molecule has 0 spiro atoms. The Hall–Kier alpha value is -6.41. The molecule has 4 fully saturated rings. The number of aromatic amines is 2. The number of aliphatic hydroxyl groups is 6. The molecule has 83 heavy (non-hydrogen) atoms. The van der Waals surface area contributed by atoms with Gasteiger partial charge in [-0.3, -0.25) is 65.0 Å². The van der Waals surface area contributed by atoms with Crippen molar-refractivity contribution in [3.8, 4) is 0 Å². The molecule has 0 saturated carbocycles. The van der Waals surface area contributed by atoms with Gasteiger partial charge in [-0.2, -0.15) is 19.9 Å².